The van der Waals surface area contributed by atoms with Crippen LogP contribution >= 0.6 is 0 Å². The summed E-state index contributed by atoms with van der Waals surface area (Å²) < 4.78 is 1.92. The van der Waals surface area contributed by atoms with Crippen LogP contribution in [0.2, 0.25) is 0 Å². The molecule has 0 aliphatic heterocycles. The molecule has 7 heteroatoms. The number of hydrogen-bond acceptors (Lipinski definition) is 4. The summed E-state index contributed by atoms with van der Waals surface area (Å²) >= 11 is 0. The summed E-state index contributed by atoms with van der Waals surface area (Å²) in [5.41, 5.74) is 9.64. The number of carbonyl (C=O) groups is 2. The van der Waals surface area contributed by atoms with E-state index >= 15 is 0 Å². The van der Waals surface area contributed by atoms with Gasteiger partial charge < -0.3 is 20.6 Å². The minimum Gasteiger partial charge on any atom is -0.481 e. The highest BCUT2D eigenvalue weighted by Gasteiger charge is 2.09. The Labute approximate surface area is 144 Å². The van der Waals surface area contributed by atoms with Gasteiger partial charge in [0.1, 0.15) is 5.65 Å². The number of pyridine rings is 1. The molecule has 25 heavy (non-hydrogen) atoms. The van der Waals surface area contributed by atoms with E-state index < -0.39 is 5.97 Å². The molecule has 0 atom stereocenters. The molecule has 0 bridgehead atoms. The number of nitrogens with one attached hydrogen (secondary N) is 1. The number of nitrogens with zero attached hydrogens (tertiary/aromatic N) is 2. The molecule has 0 spiro atoms. The predicted octanol–water partition coefficient (Wildman–Crippen LogP) is 1.66. The fraction of sp³-hybridized carbons (Fsp3) is 0.167. The molecule has 0 saturated heterocycles. The first-order chi connectivity index (χ1) is 12.1. The maximum Gasteiger partial charge on any atom is 0.305 e. The van der Waals surface area contributed by atoms with Crippen molar-refractivity contribution in [2.24, 2.45) is 5.73 Å². The number of carboxylic acids is 1. The van der Waals surface area contributed by atoms with Crippen molar-refractivity contribution in [3.8, 4) is 11.3 Å². The van der Waals surface area contributed by atoms with Gasteiger partial charge in [0, 0.05) is 36.6 Å². The first-order valence-corrected chi connectivity index (χ1v) is 7.85. The summed E-state index contributed by atoms with van der Waals surface area (Å²) in [5.74, 6) is -1.24. The van der Waals surface area contributed by atoms with Gasteiger partial charge in [-0.05, 0) is 29.8 Å². The standard InChI is InChI=1S/C18H18N4O3/c19-10-12-6-8-22-11-15(21-16(22)9-12)13-1-3-14(4-2-13)18(25)20-7-5-17(23)24/h1-4,6,8-9,11H,5,7,10,19H2,(H,20,25)(H,23,24). The maximum atomic E-state index is 11.9. The van der Waals surface area contributed by atoms with Crippen LogP contribution in [0, 0.1) is 0 Å². The van der Waals surface area contributed by atoms with Crippen molar-refractivity contribution in [1.29, 1.82) is 0 Å². The lowest BCUT2D eigenvalue weighted by Crippen LogP contribution is -2.25. The molecule has 2 heterocycles. The van der Waals surface area contributed by atoms with Crippen LogP contribution in [0.4, 0.5) is 0 Å². The van der Waals surface area contributed by atoms with Crippen LogP contribution in [0.5, 0.6) is 0 Å². The second kappa shape index (κ2) is 7.14. The zero-order chi connectivity index (χ0) is 17.8. The smallest absolute Gasteiger partial charge is 0.305 e. The Morgan fingerprint density at radius 1 is 1.20 bits per heavy atom. The highest BCUT2D eigenvalue weighted by Crippen LogP contribution is 2.20. The van der Waals surface area contributed by atoms with E-state index in [0.717, 1.165) is 22.5 Å². The molecule has 2 aromatic heterocycles. The number of carboxylic acid groups (broad SMARTS) is 1. The van der Waals surface area contributed by atoms with Gasteiger partial charge >= 0.3 is 5.97 Å². The third kappa shape index (κ3) is 3.84. The van der Waals surface area contributed by atoms with Gasteiger partial charge in [-0.1, -0.05) is 12.1 Å². The first-order valence-electron chi connectivity index (χ1n) is 7.85. The Balaban J connectivity index is 1.75. The van der Waals surface area contributed by atoms with Gasteiger partial charge in [0.15, 0.2) is 0 Å². The average molecular weight is 338 g/mol. The fourth-order valence-electron chi connectivity index (χ4n) is 2.47. The lowest BCUT2D eigenvalue weighted by molar-refractivity contribution is -0.136. The third-order valence-electron chi connectivity index (χ3n) is 3.83. The molecule has 0 unspecified atom stereocenters. The highest BCUT2D eigenvalue weighted by molar-refractivity contribution is 5.94. The Morgan fingerprint density at radius 3 is 2.64 bits per heavy atom. The quantitative estimate of drug-likeness (QED) is 0.633. The molecule has 0 saturated carbocycles. The number of nitrogens with two attached hydrogens (primary N) is 1. The van der Waals surface area contributed by atoms with E-state index in [1.165, 1.54) is 0 Å². The van der Waals surface area contributed by atoms with Crippen molar-refractivity contribution in [2.45, 2.75) is 13.0 Å². The van der Waals surface area contributed by atoms with Crippen molar-refractivity contribution >= 4 is 17.5 Å². The Bertz CT molecular complexity index is 916. The molecular formula is C18H18N4O3. The summed E-state index contributed by atoms with van der Waals surface area (Å²) in [6.45, 7) is 0.566. The predicted molar refractivity (Wildman–Crippen MR) is 93.1 cm³/mol. The molecule has 128 valence electrons. The van der Waals surface area contributed by atoms with E-state index in [1.54, 1.807) is 12.1 Å². The molecule has 0 aliphatic carbocycles. The number of carbonyl (C=O) groups excluding carboxylic acids is 1. The van der Waals surface area contributed by atoms with Crippen molar-refractivity contribution in [3.63, 3.8) is 0 Å². The molecule has 0 aliphatic rings. The van der Waals surface area contributed by atoms with Gasteiger partial charge in [-0.25, -0.2) is 4.98 Å². The van der Waals surface area contributed by atoms with Crippen molar-refractivity contribution in [1.82, 2.24) is 14.7 Å². The van der Waals surface area contributed by atoms with E-state index in [2.05, 4.69) is 10.3 Å². The van der Waals surface area contributed by atoms with Gasteiger partial charge in [0.2, 0.25) is 0 Å². The molecule has 3 aromatic rings. The van der Waals surface area contributed by atoms with E-state index in [9.17, 15) is 9.59 Å². The topological polar surface area (TPSA) is 110 Å². The first kappa shape index (κ1) is 16.7. The van der Waals surface area contributed by atoms with Gasteiger partial charge in [0.25, 0.3) is 5.91 Å². The van der Waals surface area contributed by atoms with Gasteiger partial charge in [-0.3, -0.25) is 9.59 Å². The van der Waals surface area contributed by atoms with Crippen molar-refractivity contribution < 1.29 is 14.7 Å². The largest absolute Gasteiger partial charge is 0.481 e. The molecule has 7 nitrogen and oxygen atoms in total. The van der Waals surface area contributed by atoms with Crippen LogP contribution < -0.4 is 11.1 Å². The fourth-order valence-corrected chi connectivity index (χ4v) is 2.47. The van der Waals surface area contributed by atoms with E-state index in [1.807, 2.05) is 41.1 Å². The molecule has 1 aromatic carbocycles. The van der Waals surface area contributed by atoms with Gasteiger partial charge in [0.05, 0.1) is 12.1 Å². The molecule has 1 amide bonds. The SMILES string of the molecule is NCc1ccn2cc(-c3ccc(C(=O)NCCC(=O)O)cc3)nc2c1. The number of imidazole rings is 1. The highest BCUT2D eigenvalue weighted by atomic mass is 16.4. The van der Waals surface area contributed by atoms with E-state index in [-0.39, 0.29) is 18.9 Å². The number of fused-ring (bicyclic) bond motifs is 1. The van der Waals surface area contributed by atoms with Crippen LogP contribution in [0.1, 0.15) is 22.3 Å². The molecule has 0 radical (unpaired) electrons. The number of amides is 1. The van der Waals surface area contributed by atoms with Crippen LogP contribution in [-0.4, -0.2) is 32.9 Å². The molecule has 0 fully saturated rings. The number of aromatic nitrogens is 2. The zero-order valence-corrected chi connectivity index (χ0v) is 13.5. The summed E-state index contributed by atoms with van der Waals surface area (Å²) in [6.07, 6.45) is 3.73. The molecular weight excluding hydrogens is 320 g/mol. The average Bonchev–Trinajstić information content (AvgIpc) is 3.04. The maximum absolute atomic E-state index is 11.9. The molecule has 4 N–H and O–H groups in total. The number of rotatable bonds is 6. The summed E-state index contributed by atoms with van der Waals surface area (Å²) in [7, 11) is 0. The van der Waals surface area contributed by atoms with Gasteiger partial charge in [-0.15, -0.1) is 0 Å². The summed E-state index contributed by atoms with van der Waals surface area (Å²) in [5, 5.41) is 11.2. The van der Waals surface area contributed by atoms with E-state index in [4.69, 9.17) is 10.8 Å². The van der Waals surface area contributed by atoms with Crippen molar-refractivity contribution in [2.75, 3.05) is 6.54 Å². The second-order valence-electron chi connectivity index (χ2n) is 5.61. The monoisotopic (exact) mass is 338 g/mol. The Hall–Kier alpha value is -3.19. The summed E-state index contributed by atoms with van der Waals surface area (Å²) in [6, 6.07) is 10.9. The van der Waals surface area contributed by atoms with Crippen LogP contribution in [-0.2, 0) is 11.3 Å². The summed E-state index contributed by atoms with van der Waals surface area (Å²) in [4.78, 5) is 27.0. The lowest BCUT2D eigenvalue weighted by atomic mass is 10.1. The minimum atomic E-state index is -0.944. The van der Waals surface area contributed by atoms with Crippen molar-refractivity contribution in [3.05, 3.63) is 59.9 Å². The number of hydrogen-bond donors (Lipinski definition) is 3. The number of benzene rings is 1. The van der Waals surface area contributed by atoms with Gasteiger partial charge in [-0.2, -0.15) is 0 Å². The Kier molecular flexibility index (Phi) is 4.76. The number of aliphatic carboxylic acids is 1. The normalized spacial score (nSPS) is 10.8. The third-order valence-corrected chi connectivity index (χ3v) is 3.83. The molecule has 3 rings (SSSR count). The minimum absolute atomic E-state index is 0.101. The Morgan fingerprint density at radius 2 is 1.96 bits per heavy atom. The zero-order valence-electron chi connectivity index (χ0n) is 13.5. The van der Waals surface area contributed by atoms with Crippen LogP contribution in [0.3, 0.4) is 0 Å². The second-order valence-corrected chi connectivity index (χ2v) is 5.61. The van der Waals surface area contributed by atoms with Crippen LogP contribution in [0.25, 0.3) is 16.9 Å². The van der Waals surface area contributed by atoms with E-state index in [0.29, 0.717) is 12.1 Å². The van der Waals surface area contributed by atoms with Crippen LogP contribution in [0.15, 0.2) is 48.8 Å². The lowest BCUT2D eigenvalue weighted by Gasteiger charge is -2.04.